The SMILES string of the molecule is CC(C)C(=O)Nc1cc(Cl)ccc1OCC(O)CN1CCC(Oc2ccc(Cl)cc2)C1. The van der Waals surface area contributed by atoms with Crippen LogP contribution in [0.5, 0.6) is 11.5 Å². The van der Waals surface area contributed by atoms with Gasteiger partial charge in [-0.05, 0) is 48.9 Å². The van der Waals surface area contributed by atoms with E-state index in [9.17, 15) is 9.90 Å². The van der Waals surface area contributed by atoms with Crippen LogP contribution in [0.4, 0.5) is 5.69 Å². The van der Waals surface area contributed by atoms with Gasteiger partial charge in [0.1, 0.15) is 30.3 Å². The third-order valence-corrected chi connectivity index (χ3v) is 5.46. The van der Waals surface area contributed by atoms with E-state index in [1.165, 1.54) is 0 Å². The predicted octanol–water partition coefficient (Wildman–Crippen LogP) is 4.48. The van der Waals surface area contributed by atoms with Crippen molar-refractivity contribution in [3.05, 3.63) is 52.5 Å². The average molecular weight is 467 g/mol. The second kappa shape index (κ2) is 11.0. The van der Waals surface area contributed by atoms with Crippen LogP contribution in [0.15, 0.2) is 42.5 Å². The van der Waals surface area contributed by atoms with Crippen molar-refractivity contribution in [1.29, 1.82) is 0 Å². The number of nitrogens with one attached hydrogen (secondary N) is 1. The fourth-order valence-corrected chi connectivity index (χ4v) is 3.60. The van der Waals surface area contributed by atoms with Gasteiger partial charge in [-0.25, -0.2) is 0 Å². The first-order valence-electron chi connectivity index (χ1n) is 10.4. The Hall–Kier alpha value is -1.99. The highest BCUT2D eigenvalue weighted by atomic mass is 35.5. The number of aliphatic hydroxyl groups excluding tert-OH is 1. The molecule has 2 atom stereocenters. The van der Waals surface area contributed by atoms with Crippen molar-refractivity contribution in [2.75, 3.05) is 31.6 Å². The van der Waals surface area contributed by atoms with Crippen molar-refractivity contribution in [1.82, 2.24) is 4.90 Å². The predicted molar refractivity (Wildman–Crippen MR) is 123 cm³/mol. The van der Waals surface area contributed by atoms with E-state index >= 15 is 0 Å². The monoisotopic (exact) mass is 466 g/mol. The van der Waals surface area contributed by atoms with Gasteiger partial charge in [-0.15, -0.1) is 0 Å². The molecule has 8 heteroatoms. The minimum atomic E-state index is -0.682. The Balaban J connectivity index is 1.47. The van der Waals surface area contributed by atoms with Gasteiger partial charge >= 0.3 is 0 Å². The van der Waals surface area contributed by atoms with Gasteiger partial charge in [-0.3, -0.25) is 9.69 Å². The normalized spacial score (nSPS) is 17.5. The number of β-amino-alcohol motifs (C(OH)–C–C–N with tert-alkyl or cyclic N) is 1. The number of nitrogens with zero attached hydrogens (tertiary/aromatic N) is 1. The molecule has 2 unspecified atom stereocenters. The van der Waals surface area contributed by atoms with Crippen LogP contribution >= 0.6 is 23.2 Å². The maximum absolute atomic E-state index is 12.0. The fraction of sp³-hybridized carbons (Fsp3) is 0.435. The molecule has 2 aromatic rings. The Morgan fingerprint density at radius 3 is 2.61 bits per heavy atom. The molecule has 1 aliphatic heterocycles. The quantitative estimate of drug-likeness (QED) is 0.569. The molecule has 0 spiro atoms. The van der Waals surface area contributed by atoms with Crippen LogP contribution < -0.4 is 14.8 Å². The second-order valence-electron chi connectivity index (χ2n) is 7.99. The van der Waals surface area contributed by atoms with E-state index in [-0.39, 0.29) is 24.5 Å². The van der Waals surface area contributed by atoms with Gasteiger partial charge in [0.15, 0.2) is 0 Å². The van der Waals surface area contributed by atoms with Crippen molar-refractivity contribution in [2.45, 2.75) is 32.5 Å². The van der Waals surface area contributed by atoms with Gasteiger partial charge in [0.05, 0.1) is 5.69 Å². The summed E-state index contributed by atoms with van der Waals surface area (Å²) in [6.45, 7) is 5.77. The van der Waals surface area contributed by atoms with Gasteiger partial charge in [0.2, 0.25) is 5.91 Å². The third-order valence-electron chi connectivity index (χ3n) is 4.97. The molecule has 0 bridgehead atoms. The Morgan fingerprint density at radius 1 is 1.19 bits per heavy atom. The van der Waals surface area contributed by atoms with Crippen LogP contribution in [-0.2, 0) is 4.79 Å². The lowest BCUT2D eigenvalue weighted by Gasteiger charge is -2.21. The smallest absolute Gasteiger partial charge is 0.227 e. The molecule has 31 heavy (non-hydrogen) atoms. The molecular formula is C23H28Cl2N2O4. The molecule has 1 aliphatic rings. The van der Waals surface area contributed by atoms with Gasteiger partial charge < -0.3 is 19.9 Å². The first-order chi connectivity index (χ1) is 14.8. The Kier molecular flexibility index (Phi) is 8.43. The largest absolute Gasteiger partial charge is 0.489 e. The van der Waals surface area contributed by atoms with E-state index in [1.807, 2.05) is 26.0 Å². The zero-order valence-corrected chi connectivity index (χ0v) is 19.2. The van der Waals surface area contributed by atoms with Gasteiger partial charge in [0, 0.05) is 35.6 Å². The van der Waals surface area contributed by atoms with Gasteiger partial charge in [0.25, 0.3) is 0 Å². The molecule has 2 aromatic carbocycles. The molecule has 1 fully saturated rings. The number of likely N-dealkylation sites (tertiary alicyclic amines) is 1. The number of hydrogen-bond acceptors (Lipinski definition) is 5. The highest BCUT2D eigenvalue weighted by Crippen LogP contribution is 2.29. The summed E-state index contributed by atoms with van der Waals surface area (Å²) >= 11 is 12.0. The molecule has 1 heterocycles. The molecule has 3 rings (SSSR count). The Labute approximate surface area is 193 Å². The van der Waals surface area contributed by atoms with E-state index in [0.717, 1.165) is 25.3 Å². The van der Waals surface area contributed by atoms with Crippen LogP contribution in [0.2, 0.25) is 10.0 Å². The van der Waals surface area contributed by atoms with Crippen LogP contribution in [0, 0.1) is 5.92 Å². The van der Waals surface area contributed by atoms with Gasteiger partial charge in [-0.1, -0.05) is 37.0 Å². The number of amides is 1. The van der Waals surface area contributed by atoms with E-state index in [2.05, 4.69) is 10.2 Å². The number of hydrogen-bond donors (Lipinski definition) is 2. The lowest BCUT2D eigenvalue weighted by Crippen LogP contribution is -2.35. The lowest BCUT2D eigenvalue weighted by atomic mass is 10.2. The molecule has 6 nitrogen and oxygen atoms in total. The number of benzene rings is 2. The molecule has 168 valence electrons. The van der Waals surface area contributed by atoms with Crippen molar-refractivity contribution < 1.29 is 19.4 Å². The van der Waals surface area contributed by atoms with E-state index in [4.69, 9.17) is 32.7 Å². The highest BCUT2D eigenvalue weighted by Gasteiger charge is 2.26. The number of halogens is 2. The second-order valence-corrected chi connectivity index (χ2v) is 8.86. The minimum absolute atomic E-state index is 0.0726. The molecular weight excluding hydrogens is 439 g/mol. The van der Waals surface area contributed by atoms with E-state index in [0.29, 0.717) is 28.0 Å². The summed E-state index contributed by atoms with van der Waals surface area (Å²) in [5, 5.41) is 14.4. The number of carbonyl (C=O) groups excluding carboxylic acids is 1. The molecule has 0 radical (unpaired) electrons. The number of ether oxygens (including phenoxy) is 2. The number of aliphatic hydroxyl groups is 1. The van der Waals surface area contributed by atoms with Crippen molar-refractivity contribution >= 4 is 34.8 Å². The number of anilines is 1. The summed E-state index contributed by atoms with van der Waals surface area (Å²) in [5.41, 5.74) is 0.496. The standard InChI is InChI=1S/C23H28Cl2N2O4/c1-15(2)23(29)26-21-11-17(25)5-8-22(21)30-14-18(28)12-27-10-9-20(13-27)31-19-6-3-16(24)4-7-19/h3-8,11,15,18,20,28H,9-10,12-14H2,1-2H3,(H,26,29). The summed E-state index contributed by atoms with van der Waals surface area (Å²) in [6.07, 6.45) is 0.278. The zero-order valence-electron chi connectivity index (χ0n) is 17.7. The minimum Gasteiger partial charge on any atom is -0.489 e. The van der Waals surface area contributed by atoms with Crippen LogP contribution in [0.25, 0.3) is 0 Å². The fourth-order valence-electron chi connectivity index (χ4n) is 3.30. The van der Waals surface area contributed by atoms with E-state index < -0.39 is 6.10 Å². The Morgan fingerprint density at radius 2 is 1.90 bits per heavy atom. The topological polar surface area (TPSA) is 71.0 Å². The number of carbonyl (C=O) groups is 1. The van der Waals surface area contributed by atoms with Gasteiger partial charge in [-0.2, -0.15) is 0 Å². The summed E-state index contributed by atoms with van der Waals surface area (Å²) in [6, 6.07) is 12.3. The lowest BCUT2D eigenvalue weighted by molar-refractivity contribution is -0.118. The molecule has 0 aromatic heterocycles. The van der Waals surface area contributed by atoms with Crippen molar-refractivity contribution in [2.24, 2.45) is 5.92 Å². The van der Waals surface area contributed by atoms with Crippen LogP contribution in [-0.4, -0.2) is 54.4 Å². The molecule has 0 aliphatic carbocycles. The summed E-state index contributed by atoms with van der Waals surface area (Å²) in [4.78, 5) is 14.2. The van der Waals surface area contributed by atoms with Crippen LogP contribution in [0.1, 0.15) is 20.3 Å². The van der Waals surface area contributed by atoms with Crippen molar-refractivity contribution in [3.8, 4) is 11.5 Å². The van der Waals surface area contributed by atoms with Crippen molar-refractivity contribution in [3.63, 3.8) is 0 Å². The highest BCUT2D eigenvalue weighted by molar-refractivity contribution is 6.31. The molecule has 2 N–H and O–H groups in total. The number of rotatable bonds is 9. The first-order valence-corrected chi connectivity index (χ1v) is 11.1. The first kappa shape index (κ1) is 23.7. The summed E-state index contributed by atoms with van der Waals surface area (Å²) in [7, 11) is 0. The maximum atomic E-state index is 12.0. The average Bonchev–Trinajstić information content (AvgIpc) is 3.15. The maximum Gasteiger partial charge on any atom is 0.227 e. The summed E-state index contributed by atoms with van der Waals surface area (Å²) < 4.78 is 11.8. The molecule has 1 amide bonds. The Bertz CT molecular complexity index is 876. The zero-order chi connectivity index (χ0) is 22.4. The summed E-state index contributed by atoms with van der Waals surface area (Å²) in [5.74, 6) is 0.966. The van der Waals surface area contributed by atoms with E-state index in [1.54, 1.807) is 30.3 Å². The molecule has 1 saturated heterocycles. The third kappa shape index (κ3) is 7.28. The van der Waals surface area contributed by atoms with Crippen LogP contribution in [0.3, 0.4) is 0 Å². The molecule has 0 saturated carbocycles.